The predicted octanol–water partition coefficient (Wildman–Crippen LogP) is 1.61. The number of methoxy groups -OCH3 is 1. The zero-order chi connectivity index (χ0) is 8.97. The summed E-state index contributed by atoms with van der Waals surface area (Å²) < 4.78 is 5.02. The van der Waals surface area contributed by atoms with Gasteiger partial charge in [0.05, 0.1) is 12.7 Å². The number of nitrogens with one attached hydrogen (secondary N) is 1. The lowest BCUT2D eigenvalue weighted by molar-refractivity contribution is 0.413. The number of hydrogen-bond acceptors (Lipinski definition) is 3. The lowest BCUT2D eigenvalue weighted by atomic mass is 10.2. The van der Waals surface area contributed by atoms with Crippen molar-refractivity contribution in [2.24, 2.45) is 0 Å². The molecule has 0 fully saturated rings. The first-order chi connectivity index (χ1) is 5.81. The van der Waals surface area contributed by atoms with Crippen molar-refractivity contribution in [1.29, 1.82) is 5.26 Å². The van der Waals surface area contributed by atoms with Gasteiger partial charge < -0.3 is 10.1 Å². The van der Waals surface area contributed by atoms with E-state index in [4.69, 9.17) is 10.00 Å². The quantitative estimate of drug-likeness (QED) is 0.718. The smallest absolute Gasteiger partial charge is 0.138 e. The highest BCUT2D eigenvalue weighted by atomic mass is 16.5. The Labute approximate surface area is 71.6 Å². The van der Waals surface area contributed by atoms with Crippen LogP contribution in [0.5, 0.6) is 5.75 Å². The Morgan fingerprint density at radius 2 is 2.25 bits per heavy atom. The molecule has 0 amide bonds. The molecule has 0 aliphatic rings. The van der Waals surface area contributed by atoms with Crippen molar-refractivity contribution in [1.82, 2.24) is 0 Å². The lowest BCUT2D eigenvalue weighted by Gasteiger charge is -2.04. The van der Waals surface area contributed by atoms with E-state index in [1.165, 1.54) is 0 Å². The third-order valence-electron chi connectivity index (χ3n) is 1.61. The molecule has 3 nitrogen and oxygen atoms in total. The third-order valence-corrected chi connectivity index (χ3v) is 1.61. The summed E-state index contributed by atoms with van der Waals surface area (Å²) in [7, 11) is 3.37. The topological polar surface area (TPSA) is 45.0 Å². The van der Waals surface area contributed by atoms with Crippen LogP contribution in [-0.2, 0) is 0 Å². The summed E-state index contributed by atoms with van der Waals surface area (Å²) in [5.41, 5.74) is 1.49. The monoisotopic (exact) mass is 162 g/mol. The summed E-state index contributed by atoms with van der Waals surface area (Å²) >= 11 is 0. The fourth-order valence-electron chi connectivity index (χ4n) is 0.939. The second-order valence-corrected chi connectivity index (χ2v) is 2.28. The van der Waals surface area contributed by atoms with E-state index in [0.717, 1.165) is 5.69 Å². The number of hydrogen-bond donors (Lipinski definition) is 1. The van der Waals surface area contributed by atoms with Gasteiger partial charge in [0, 0.05) is 18.8 Å². The van der Waals surface area contributed by atoms with Gasteiger partial charge in [0.1, 0.15) is 11.8 Å². The maximum Gasteiger partial charge on any atom is 0.138 e. The van der Waals surface area contributed by atoms with Crippen LogP contribution >= 0.6 is 0 Å². The lowest BCUT2D eigenvalue weighted by Crippen LogP contribution is -1.92. The molecule has 0 atom stereocenters. The predicted molar refractivity (Wildman–Crippen MR) is 47.3 cm³/mol. The minimum atomic E-state index is 0.552. The Bertz CT molecular complexity index is 315. The van der Waals surface area contributed by atoms with E-state index in [1.807, 2.05) is 19.2 Å². The molecule has 0 aliphatic heterocycles. The molecule has 1 aromatic rings. The highest BCUT2D eigenvalue weighted by molar-refractivity contribution is 5.55. The number of rotatable bonds is 2. The molecule has 0 unspecified atom stereocenters. The fraction of sp³-hybridized carbons (Fsp3) is 0.222. The Kier molecular flexibility index (Phi) is 2.54. The number of benzene rings is 1. The van der Waals surface area contributed by atoms with Gasteiger partial charge in [-0.1, -0.05) is 0 Å². The van der Waals surface area contributed by atoms with Crippen LogP contribution in [0.1, 0.15) is 5.56 Å². The SMILES string of the molecule is CNc1ccc(C#N)c(OC)c1. The molecule has 0 bridgehead atoms. The van der Waals surface area contributed by atoms with Gasteiger partial charge in [-0.3, -0.25) is 0 Å². The maximum absolute atomic E-state index is 8.66. The van der Waals surface area contributed by atoms with E-state index in [9.17, 15) is 0 Å². The zero-order valence-corrected chi connectivity index (χ0v) is 7.09. The summed E-state index contributed by atoms with van der Waals surface area (Å²) in [5, 5.41) is 11.6. The van der Waals surface area contributed by atoms with Crippen LogP contribution in [0.15, 0.2) is 18.2 Å². The maximum atomic E-state index is 8.66. The molecule has 12 heavy (non-hydrogen) atoms. The van der Waals surface area contributed by atoms with Crippen molar-refractivity contribution in [2.75, 3.05) is 19.5 Å². The van der Waals surface area contributed by atoms with Gasteiger partial charge in [0.25, 0.3) is 0 Å². The molecule has 3 heteroatoms. The number of nitriles is 1. The van der Waals surface area contributed by atoms with E-state index in [1.54, 1.807) is 19.2 Å². The standard InChI is InChI=1S/C9H10N2O/c1-11-8-4-3-7(6-10)9(5-8)12-2/h3-5,11H,1-2H3. The number of nitrogens with zero attached hydrogens (tertiary/aromatic N) is 1. The first-order valence-electron chi connectivity index (χ1n) is 3.57. The average molecular weight is 162 g/mol. The summed E-state index contributed by atoms with van der Waals surface area (Å²) in [6.07, 6.45) is 0. The molecule has 0 aromatic heterocycles. The summed E-state index contributed by atoms with van der Waals surface area (Å²) in [6, 6.07) is 7.40. The molecule has 1 N–H and O–H groups in total. The van der Waals surface area contributed by atoms with Crippen molar-refractivity contribution in [3.05, 3.63) is 23.8 Å². The molecule has 0 saturated heterocycles. The Balaban J connectivity index is 3.13. The van der Waals surface area contributed by atoms with E-state index >= 15 is 0 Å². The Hall–Kier alpha value is -1.69. The van der Waals surface area contributed by atoms with Crippen molar-refractivity contribution >= 4 is 5.69 Å². The highest BCUT2D eigenvalue weighted by Crippen LogP contribution is 2.21. The Morgan fingerprint density at radius 3 is 2.75 bits per heavy atom. The molecule has 1 aromatic carbocycles. The number of ether oxygens (including phenoxy) is 1. The van der Waals surface area contributed by atoms with E-state index in [0.29, 0.717) is 11.3 Å². The van der Waals surface area contributed by atoms with Gasteiger partial charge in [0.2, 0.25) is 0 Å². The van der Waals surface area contributed by atoms with E-state index in [-0.39, 0.29) is 0 Å². The van der Waals surface area contributed by atoms with Gasteiger partial charge in [-0.15, -0.1) is 0 Å². The highest BCUT2D eigenvalue weighted by Gasteiger charge is 2.01. The van der Waals surface area contributed by atoms with Gasteiger partial charge in [-0.25, -0.2) is 0 Å². The molecule has 0 aliphatic carbocycles. The second-order valence-electron chi connectivity index (χ2n) is 2.28. The van der Waals surface area contributed by atoms with Crippen LogP contribution < -0.4 is 10.1 Å². The molecule has 0 radical (unpaired) electrons. The van der Waals surface area contributed by atoms with E-state index < -0.39 is 0 Å². The summed E-state index contributed by atoms with van der Waals surface area (Å²) in [4.78, 5) is 0. The van der Waals surface area contributed by atoms with Gasteiger partial charge in [-0.05, 0) is 12.1 Å². The van der Waals surface area contributed by atoms with Gasteiger partial charge in [0.15, 0.2) is 0 Å². The van der Waals surface area contributed by atoms with Crippen LogP contribution in [0.2, 0.25) is 0 Å². The van der Waals surface area contributed by atoms with Crippen LogP contribution in [0.4, 0.5) is 5.69 Å². The average Bonchev–Trinajstić information content (AvgIpc) is 2.16. The fourth-order valence-corrected chi connectivity index (χ4v) is 0.939. The minimum Gasteiger partial charge on any atom is -0.495 e. The van der Waals surface area contributed by atoms with Crippen molar-refractivity contribution in [2.45, 2.75) is 0 Å². The van der Waals surface area contributed by atoms with Crippen molar-refractivity contribution in [3.8, 4) is 11.8 Å². The number of anilines is 1. The molecule has 0 spiro atoms. The molecule has 62 valence electrons. The molecule has 0 heterocycles. The van der Waals surface area contributed by atoms with Crippen LogP contribution in [0, 0.1) is 11.3 Å². The second kappa shape index (κ2) is 3.63. The molecule has 1 rings (SSSR count). The summed E-state index contributed by atoms with van der Waals surface area (Å²) in [6.45, 7) is 0. The van der Waals surface area contributed by atoms with E-state index in [2.05, 4.69) is 5.32 Å². The summed E-state index contributed by atoms with van der Waals surface area (Å²) in [5.74, 6) is 0.601. The van der Waals surface area contributed by atoms with Crippen LogP contribution in [0.25, 0.3) is 0 Å². The molecule has 0 saturated carbocycles. The first kappa shape index (κ1) is 8.41. The zero-order valence-electron chi connectivity index (χ0n) is 7.09. The first-order valence-corrected chi connectivity index (χ1v) is 3.57. The minimum absolute atomic E-state index is 0.552. The third kappa shape index (κ3) is 1.48. The molecular formula is C9H10N2O. The normalized spacial score (nSPS) is 8.75. The Morgan fingerprint density at radius 1 is 1.50 bits per heavy atom. The molecular weight excluding hydrogens is 152 g/mol. The van der Waals surface area contributed by atoms with Crippen molar-refractivity contribution < 1.29 is 4.74 Å². The van der Waals surface area contributed by atoms with Crippen LogP contribution in [-0.4, -0.2) is 14.2 Å². The van der Waals surface area contributed by atoms with Crippen LogP contribution in [0.3, 0.4) is 0 Å². The van der Waals surface area contributed by atoms with Gasteiger partial charge >= 0.3 is 0 Å². The van der Waals surface area contributed by atoms with Crippen molar-refractivity contribution in [3.63, 3.8) is 0 Å². The van der Waals surface area contributed by atoms with Gasteiger partial charge in [-0.2, -0.15) is 5.26 Å². The largest absolute Gasteiger partial charge is 0.495 e.